The van der Waals surface area contributed by atoms with Crippen LogP contribution < -0.4 is 14.2 Å². The van der Waals surface area contributed by atoms with Gasteiger partial charge in [0.2, 0.25) is 5.78 Å². The number of hydrogen-bond donors (Lipinski definition) is 1. The van der Waals surface area contributed by atoms with E-state index in [0.29, 0.717) is 11.3 Å². The molecule has 6 nitrogen and oxygen atoms in total. The van der Waals surface area contributed by atoms with Gasteiger partial charge in [-0.25, -0.2) is 4.79 Å². The van der Waals surface area contributed by atoms with Crippen molar-refractivity contribution in [1.29, 1.82) is 0 Å². The molecule has 0 fully saturated rings. The Kier molecular flexibility index (Phi) is 8.83. The van der Waals surface area contributed by atoms with Gasteiger partial charge in [-0.05, 0) is 40.3 Å². The van der Waals surface area contributed by atoms with Crippen LogP contribution in [-0.2, 0) is 19.8 Å². The fourth-order valence-corrected chi connectivity index (χ4v) is 5.08. The molecule has 45 heavy (non-hydrogen) atoms. The summed E-state index contributed by atoms with van der Waals surface area (Å²) in [5, 5.41) is 11.7. The van der Waals surface area contributed by atoms with Crippen molar-refractivity contribution in [3.05, 3.63) is 173 Å². The standard InChI is InChI=1S/C39H30O6/c40-37(33-21-20-30-18-10-11-19-32(30)38(33)45-26-29-16-8-3-9-17-29)36-34(43-24-27-12-4-1-5-13-27)22-31(39(41)42)23-35(36)44-25-28-14-6-2-7-15-28/h1-23H,24-26H2,(H,41,42). The molecule has 6 aromatic rings. The van der Waals surface area contributed by atoms with Gasteiger partial charge < -0.3 is 19.3 Å². The molecule has 6 rings (SSSR count). The third-order valence-corrected chi connectivity index (χ3v) is 7.36. The second-order valence-corrected chi connectivity index (χ2v) is 10.5. The first kappa shape index (κ1) is 29.2. The molecular formula is C39H30O6. The zero-order valence-electron chi connectivity index (χ0n) is 24.4. The Labute approximate surface area is 261 Å². The summed E-state index contributed by atoms with van der Waals surface area (Å²) in [4.78, 5) is 26.9. The number of rotatable bonds is 12. The van der Waals surface area contributed by atoms with Gasteiger partial charge in [-0.2, -0.15) is 0 Å². The Bertz CT molecular complexity index is 1870. The summed E-state index contributed by atoms with van der Waals surface area (Å²) >= 11 is 0. The summed E-state index contributed by atoms with van der Waals surface area (Å²) in [6.07, 6.45) is 0. The van der Waals surface area contributed by atoms with Crippen molar-refractivity contribution in [3.63, 3.8) is 0 Å². The van der Waals surface area contributed by atoms with E-state index in [1.807, 2.05) is 121 Å². The van der Waals surface area contributed by atoms with Crippen LogP contribution in [0.5, 0.6) is 17.2 Å². The van der Waals surface area contributed by atoms with Crippen LogP contribution in [0, 0.1) is 0 Å². The molecule has 0 saturated carbocycles. The van der Waals surface area contributed by atoms with E-state index in [-0.39, 0.29) is 42.4 Å². The van der Waals surface area contributed by atoms with Gasteiger partial charge in [-0.3, -0.25) is 4.79 Å². The Morgan fingerprint density at radius 3 is 1.51 bits per heavy atom. The molecular weight excluding hydrogens is 564 g/mol. The van der Waals surface area contributed by atoms with E-state index in [1.54, 1.807) is 6.07 Å². The first-order valence-electron chi connectivity index (χ1n) is 14.5. The van der Waals surface area contributed by atoms with Crippen LogP contribution in [0.15, 0.2) is 140 Å². The molecule has 0 heterocycles. The van der Waals surface area contributed by atoms with Crippen LogP contribution in [0.3, 0.4) is 0 Å². The summed E-state index contributed by atoms with van der Waals surface area (Å²) in [5.41, 5.74) is 3.04. The predicted molar refractivity (Wildman–Crippen MR) is 173 cm³/mol. The van der Waals surface area contributed by atoms with Gasteiger partial charge in [-0.1, -0.05) is 121 Å². The van der Waals surface area contributed by atoms with Crippen molar-refractivity contribution in [2.75, 3.05) is 0 Å². The fraction of sp³-hybridized carbons (Fsp3) is 0.0769. The van der Waals surface area contributed by atoms with Crippen molar-refractivity contribution < 1.29 is 28.9 Å². The number of carboxylic acid groups (broad SMARTS) is 1. The maximum Gasteiger partial charge on any atom is 0.335 e. The molecule has 6 aromatic carbocycles. The zero-order chi connectivity index (χ0) is 31.0. The van der Waals surface area contributed by atoms with E-state index >= 15 is 0 Å². The molecule has 0 saturated heterocycles. The van der Waals surface area contributed by atoms with Crippen LogP contribution in [0.25, 0.3) is 10.8 Å². The number of ketones is 1. The quantitative estimate of drug-likeness (QED) is 0.143. The third kappa shape index (κ3) is 6.86. The lowest BCUT2D eigenvalue weighted by Crippen LogP contribution is -2.13. The topological polar surface area (TPSA) is 82.1 Å². The lowest BCUT2D eigenvalue weighted by atomic mass is 9.96. The summed E-state index contributed by atoms with van der Waals surface area (Å²) in [5.74, 6) is -0.942. The summed E-state index contributed by atoms with van der Waals surface area (Å²) in [7, 11) is 0. The average molecular weight is 595 g/mol. The lowest BCUT2D eigenvalue weighted by molar-refractivity contribution is 0.0695. The molecule has 0 amide bonds. The lowest BCUT2D eigenvalue weighted by Gasteiger charge is -2.19. The normalized spacial score (nSPS) is 10.8. The molecule has 222 valence electrons. The van der Waals surface area contributed by atoms with E-state index in [1.165, 1.54) is 12.1 Å². The van der Waals surface area contributed by atoms with E-state index in [2.05, 4.69) is 0 Å². The molecule has 0 aromatic heterocycles. The van der Waals surface area contributed by atoms with Gasteiger partial charge in [0.05, 0.1) is 11.1 Å². The first-order valence-corrected chi connectivity index (χ1v) is 14.5. The number of ether oxygens (including phenoxy) is 3. The molecule has 0 bridgehead atoms. The molecule has 0 atom stereocenters. The molecule has 0 unspecified atom stereocenters. The Morgan fingerprint density at radius 2 is 1.00 bits per heavy atom. The van der Waals surface area contributed by atoms with Crippen LogP contribution >= 0.6 is 0 Å². The second-order valence-electron chi connectivity index (χ2n) is 10.5. The van der Waals surface area contributed by atoms with Crippen molar-refractivity contribution in [2.45, 2.75) is 19.8 Å². The van der Waals surface area contributed by atoms with Crippen LogP contribution in [0.4, 0.5) is 0 Å². The van der Waals surface area contributed by atoms with Crippen molar-refractivity contribution >= 4 is 22.5 Å². The maximum atomic E-state index is 14.7. The largest absolute Gasteiger partial charge is 0.488 e. The Balaban J connectivity index is 1.47. The SMILES string of the molecule is O=C(O)c1cc(OCc2ccccc2)c(C(=O)c2ccc3ccccc3c2OCc2ccccc2)c(OCc2ccccc2)c1. The number of benzene rings is 6. The van der Waals surface area contributed by atoms with Crippen LogP contribution in [-0.4, -0.2) is 16.9 Å². The second kappa shape index (κ2) is 13.6. The Hall–Kier alpha value is -5.88. The van der Waals surface area contributed by atoms with E-state index in [9.17, 15) is 14.7 Å². The molecule has 0 aliphatic carbocycles. The summed E-state index contributed by atoms with van der Waals surface area (Å²) in [6, 6.07) is 42.7. The third-order valence-electron chi connectivity index (χ3n) is 7.36. The number of aromatic carboxylic acids is 1. The smallest absolute Gasteiger partial charge is 0.335 e. The van der Waals surface area contributed by atoms with Crippen molar-refractivity contribution in [1.82, 2.24) is 0 Å². The van der Waals surface area contributed by atoms with Gasteiger partial charge in [0.15, 0.2) is 0 Å². The van der Waals surface area contributed by atoms with Crippen LogP contribution in [0.2, 0.25) is 0 Å². The highest BCUT2D eigenvalue weighted by molar-refractivity contribution is 6.17. The number of fused-ring (bicyclic) bond motifs is 1. The first-order chi connectivity index (χ1) is 22.1. The van der Waals surface area contributed by atoms with Crippen molar-refractivity contribution in [3.8, 4) is 17.2 Å². The number of carbonyl (C=O) groups excluding carboxylic acids is 1. The van der Waals surface area contributed by atoms with Gasteiger partial charge in [0.25, 0.3) is 0 Å². The zero-order valence-corrected chi connectivity index (χ0v) is 24.4. The summed E-state index contributed by atoms with van der Waals surface area (Å²) in [6.45, 7) is 0.497. The van der Waals surface area contributed by atoms with E-state index in [0.717, 1.165) is 27.5 Å². The number of carbonyl (C=O) groups is 2. The molecule has 0 radical (unpaired) electrons. The highest BCUT2D eigenvalue weighted by atomic mass is 16.5. The minimum Gasteiger partial charge on any atom is -0.488 e. The number of carboxylic acids is 1. The van der Waals surface area contributed by atoms with E-state index < -0.39 is 11.8 Å². The minimum atomic E-state index is -1.17. The summed E-state index contributed by atoms with van der Waals surface area (Å²) < 4.78 is 18.8. The van der Waals surface area contributed by atoms with Gasteiger partial charge >= 0.3 is 5.97 Å². The highest BCUT2D eigenvalue weighted by Crippen LogP contribution is 2.39. The fourth-order valence-electron chi connectivity index (χ4n) is 5.08. The van der Waals surface area contributed by atoms with E-state index in [4.69, 9.17) is 14.2 Å². The maximum absolute atomic E-state index is 14.7. The monoisotopic (exact) mass is 594 g/mol. The van der Waals surface area contributed by atoms with Gasteiger partial charge in [-0.15, -0.1) is 0 Å². The Morgan fingerprint density at radius 1 is 0.533 bits per heavy atom. The predicted octanol–water partition coefficient (Wildman–Crippen LogP) is 8.51. The molecule has 1 N–H and O–H groups in total. The minimum absolute atomic E-state index is 0.0586. The van der Waals surface area contributed by atoms with Crippen LogP contribution in [0.1, 0.15) is 43.0 Å². The average Bonchev–Trinajstić information content (AvgIpc) is 3.09. The molecule has 6 heteroatoms. The van der Waals surface area contributed by atoms with Crippen molar-refractivity contribution in [2.24, 2.45) is 0 Å². The van der Waals surface area contributed by atoms with Gasteiger partial charge in [0.1, 0.15) is 42.6 Å². The molecule has 0 spiro atoms. The highest BCUT2D eigenvalue weighted by Gasteiger charge is 2.27. The van der Waals surface area contributed by atoms with Gasteiger partial charge in [0, 0.05) is 5.39 Å². The molecule has 0 aliphatic heterocycles. The molecule has 0 aliphatic rings. The number of hydrogen-bond acceptors (Lipinski definition) is 5.